The van der Waals surface area contributed by atoms with Gasteiger partial charge in [-0.1, -0.05) is 36.4 Å². The van der Waals surface area contributed by atoms with Crippen LogP contribution in [0.25, 0.3) is 33.6 Å². The van der Waals surface area contributed by atoms with E-state index in [2.05, 4.69) is 19.4 Å². The Morgan fingerprint density at radius 1 is 0.620 bits per heavy atom. The minimum absolute atomic E-state index is 0.0270. The molecule has 0 aliphatic rings. The van der Waals surface area contributed by atoms with Crippen molar-refractivity contribution in [2.45, 2.75) is 32.2 Å². The third-order valence-electron chi connectivity index (χ3n) is 7.13. The maximum Gasteiger partial charge on any atom is 0.573 e. The lowest BCUT2D eigenvalue weighted by Crippen LogP contribution is -2.25. The Kier molecular flexibility index (Phi) is 10.2. The number of hydrogen-bond donors (Lipinski definition) is 0. The lowest BCUT2D eigenvalue weighted by Gasteiger charge is -2.21. The van der Waals surface area contributed by atoms with Crippen molar-refractivity contribution in [1.29, 1.82) is 0 Å². The molecule has 5 rings (SSSR count). The number of halogens is 11. The Balaban J connectivity index is 1.36. The van der Waals surface area contributed by atoms with E-state index in [0.29, 0.717) is 17.7 Å². The number of ether oxygens (including phenoxy) is 2. The fourth-order valence-electron chi connectivity index (χ4n) is 4.87. The molecule has 0 saturated carbocycles. The number of nitrogens with zero attached hydrogens (tertiary/aromatic N) is 2. The zero-order valence-corrected chi connectivity index (χ0v) is 25.4. The Labute approximate surface area is 276 Å². The van der Waals surface area contributed by atoms with Crippen molar-refractivity contribution in [3.05, 3.63) is 131 Å². The fraction of sp³-hybridized carbons (Fsp3) is 0.143. The normalized spacial score (nSPS) is 12.1. The van der Waals surface area contributed by atoms with Crippen molar-refractivity contribution in [3.63, 3.8) is 0 Å². The maximum atomic E-state index is 15.2. The first-order valence-corrected chi connectivity index (χ1v) is 14.4. The summed E-state index contributed by atoms with van der Waals surface area (Å²) in [5, 5.41) is 0. The van der Waals surface area contributed by atoms with Crippen molar-refractivity contribution in [3.8, 4) is 45.1 Å². The van der Waals surface area contributed by atoms with E-state index in [-0.39, 0.29) is 29.1 Å². The molecule has 15 heteroatoms. The van der Waals surface area contributed by atoms with Crippen molar-refractivity contribution in [2.24, 2.45) is 0 Å². The third-order valence-corrected chi connectivity index (χ3v) is 7.13. The average molecular weight is 711 g/mol. The summed E-state index contributed by atoms with van der Waals surface area (Å²) in [5.74, 6) is -13.2. The predicted octanol–water partition coefficient (Wildman–Crippen LogP) is 10.8. The molecule has 0 atom stereocenters. The molecular weight excluding hydrogens is 689 g/mol. The number of aromatic nitrogens is 2. The molecule has 0 N–H and O–H groups in total. The monoisotopic (exact) mass is 710 g/mol. The molecule has 0 amide bonds. The number of hydrogen-bond acceptors (Lipinski definition) is 4. The molecule has 1 heterocycles. The van der Waals surface area contributed by atoms with Gasteiger partial charge in [-0.15, -0.1) is 13.2 Å². The Bertz CT molecular complexity index is 2020. The lowest BCUT2D eigenvalue weighted by molar-refractivity contribution is -0.276. The Morgan fingerprint density at radius 3 is 1.68 bits per heavy atom. The van der Waals surface area contributed by atoms with Crippen LogP contribution < -0.4 is 9.47 Å². The number of alkyl halides is 5. The summed E-state index contributed by atoms with van der Waals surface area (Å²) in [7, 11) is 0. The van der Waals surface area contributed by atoms with Gasteiger partial charge in [-0.3, -0.25) is 0 Å². The second kappa shape index (κ2) is 14.2. The van der Waals surface area contributed by atoms with E-state index in [1.807, 2.05) is 19.1 Å². The second-order valence-corrected chi connectivity index (χ2v) is 10.6. The molecule has 0 saturated heterocycles. The molecule has 0 bridgehead atoms. The summed E-state index contributed by atoms with van der Waals surface area (Å²) in [4.78, 5) is 8.52. The first-order valence-electron chi connectivity index (χ1n) is 14.4. The summed E-state index contributed by atoms with van der Waals surface area (Å²) in [6, 6.07) is 7.56. The lowest BCUT2D eigenvalue weighted by atomic mass is 9.97. The fourth-order valence-corrected chi connectivity index (χ4v) is 4.87. The highest BCUT2D eigenvalue weighted by Crippen LogP contribution is 2.40. The van der Waals surface area contributed by atoms with E-state index in [9.17, 15) is 39.5 Å². The summed E-state index contributed by atoms with van der Waals surface area (Å²) in [6.45, 7) is 1.91. The van der Waals surface area contributed by atoms with Gasteiger partial charge in [-0.25, -0.2) is 36.3 Å². The second-order valence-electron chi connectivity index (χ2n) is 10.6. The molecule has 4 aromatic carbocycles. The van der Waals surface area contributed by atoms with Crippen LogP contribution in [0, 0.1) is 34.9 Å². The summed E-state index contributed by atoms with van der Waals surface area (Å²) >= 11 is 0. The van der Waals surface area contributed by atoms with Crippen molar-refractivity contribution in [1.82, 2.24) is 9.97 Å². The SMILES string of the molecule is C/C=C/CCc1cnc(-c2ccc(-c3ccc(-c4cc(F)c(C(F)(F)Oc5cc(F)c(OC(F)(F)F)c(F)c5)c(F)c4)c(F)c3)c(F)c2)nc1. The van der Waals surface area contributed by atoms with E-state index in [4.69, 9.17) is 0 Å². The summed E-state index contributed by atoms with van der Waals surface area (Å²) in [6.07, 6.45) is -1.81. The molecular formula is C35H21F11N2O2. The van der Waals surface area contributed by atoms with Crippen molar-refractivity contribution in [2.75, 3.05) is 0 Å². The van der Waals surface area contributed by atoms with Gasteiger partial charge in [0.2, 0.25) is 5.75 Å². The molecule has 1 aromatic heterocycles. The predicted molar refractivity (Wildman–Crippen MR) is 159 cm³/mol. The average Bonchev–Trinajstić information content (AvgIpc) is 3.02. The van der Waals surface area contributed by atoms with E-state index in [0.717, 1.165) is 36.6 Å². The van der Waals surface area contributed by atoms with Crippen LogP contribution in [-0.2, 0) is 12.5 Å². The van der Waals surface area contributed by atoms with Crippen LogP contribution in [0.3, 0.4) is 0 Å². The van der Waals surface area contributed by atoms with Crippen molar-refractivity contribution < 1.29 is 57.8 Å². The van der Waals surface area contributed by atoms with Crippen LogP contribution in [0.4, 0.5) is 48.3 Å². The molecule has 4 nitrogen and oxygen atoms in total. The van der Waals surface area contributed by atoms with Crippen molar-refractivity contribution >= 4 is 0 Å². The van der Waals surface area contributed by atoms with Crippen LogP contribution in [-0.4, -0.2) is 16.3 Å². The van der Waals surface area contributed by atoms with Gasteiger partial charge >= 0.3 is 12.5 Å². The number of aryl methyl sites for hydroxylation is 1. The van der Waals surface area contributed by atoms with Crippen LogP contribution in [0.2, 0.25) is 0 Å². The number of rotatable bonds is 10. The van der Waals surface area contributed by atoms with E-state index in [1.54, 1.807) is 12.4 Å². The number of allylic oxidation sites excluding steroid dienone is 2. The molecule has 0 radical (unpaired) electrons. The van der Waals surface area contributed by atoms with Gasteiger partial charge in [-0.05, 0) is 60.7 Å². The molecule has 0 spiro atoms. The molecule has 50 heavy (non-hydrogen) atoms. The molecule has 0 fully saturated rings. The van der Waals surface area contributed by atoms with Gasteiger partial charge in [-0.2, -0.15) is 8.78 Å². The minimum Gasteiger partial charge on any atom is -0.429 e. The zero-order valence-electron chi connectivity index (χ0n) is 25.4. The van der Waals surface area contributed by atoms with E-state index >= 15 is 8.78 Å². The van der Waals surface area contributed by atoms with Crippen LogP contribution in [0.15, 0.2) is 85.2 Å². The van der Waals surface area contributed by atoms with E-state index in [1.165, 1.54) is 18.2 Å². The highest BCUT2D eigenvalue weighted by molar-refractivity contribution is 5.73. The highest BCUT2D eigenvalue weighted by Gasteiger charge is 2.42. The standard InChI is InChI=1S/C35H21F11N2O2/c1-2-3-4-5-18-16-47-33(48-17-18)20-7-9-23(26(37)11-20)19-6-8-24(25(36)10-19)21-12-27(38)31(28(39)13-21)34(42,43)49-22-14-29(40)32(30(41)15-22)50-35(44,45)46/h2-3,6-17H,4-5H2,1H3/b3-2+. The van der Waals surface area contributed by atoms with E-state index < -0.39 is 75.6 Å². The zero-order chi connectivity index (χ0) is 36.4. The van der Waals surface area contributed by atoms with Crippen LogP contribution >= 0.6 is 0 Å². The first kappa shape index (κ1) is 35.8. The quantitative estimate of drug-likeness (QED) is 0.107. The largest absolute Gasteiger partial charge is 0.573 e. The summed E-state index contributed by atoms with van der Waals surface area (Å²) < 4.78 is 162. The highest BCUT2D eigenvalue weighted by atomic mass is 19.4. The minimum atomic E-state index is -5.53. The number of benzene rings is 4. The molecule has 0 aliphatic carbocycles. The van der Waals surface area contributed by atoms with Gasteiger partial charge in [0, 0.05) is 41.2 Å². The maximum absolute atomic E-state index is 15.2. The smallest absolute Gasteiger partial charge is 0.429 e. The topological polar surface area (TPSA) is 44.2 Å². The molecule has 0 unspecified atom stereocenters. The van der Waals surface area contributed by atoms with Gasteiger partial charge in [0.15, 0.2) is 17.5 Å². The third kappa shape index (κ3) is 8.04. The van der Waals surface area contributed by atoms with Gasteiger partial charge in [0.1, 0.15) is 34.6 Å². The van der Waals surface area contributed by atoms with Gasteiger partial charge in [0.25, 0.3) is 0 Å². The Morgan fingerprint density at radius 2 is 1.14 bits per heavy atom. The molecule has 5 aromatic rings. The van der Waals surface area contributed by atoms with Gasteiger partial charge < -0.3 is 9.47 Å². The Hall–Kier alpha value is -5.47. The molecule has 260 valence electrons. The molecule has 0 aliphatic heterocycles. The van der Waals surface area contributed by atoms with Crippen LogP contribution in [0.5, 0.6) is 11.5 Å². The van der Waals surface area contributed by atoms with Gasteiger partial charge in [0.05, 0.1) is 0 Å². The van der Waals surface area contributed by atoms with Crippen LogP contribution in [0.1, 0.15) is 24.5 Å². The first-order chi connectivity index (χ1) is 23.6. The summed E-state index contributed by atoms with van der Waals surface area (Å²) in [5.41, 5.74) is -1.86.